The van der Waals surface area contributed by atoms with E-state index in [-0.39, 0.29) is 11.5 Å². The molecule has 3 aromatic rings. The van der Waals surface area contributed by atoms with Gasteiger partial charge in [-0.2, -0.15) is 5.10 Å². The molecule has 138 valence electrons. The van der Waals surface area contributed by atoms with Gasteiger partial charge in [-0.05, 0) is 24.6 Å². The van der Waals surface area contributed by atoms with Crippen LogP contribution in [0.25, 0.3) is 0 Å². The lowest BCUT2D eigenvalue weighted by molar-refractivity contribution is 0.102. The van der Waals surface area contributed by atoms with E-state index >= 15 is 0 Å². The Morgan fingerprint density at radius 1 is 1.26 bits per heavy atom. The molecule has 3 heterocycles. The number of nitrogens with zero attached hydrogens (tertiary/aromatic N) is 3. The zero-order chi connectivity index (χ0) is 18.8. The van der Waals surface area contributed by atoms with Gasteiger partial charge < -0.3 is 15.2 Å². The zero-order valence-corrected chi connectivity index (χ0v) is 15.1. The van der Waals surface area contributed by atoms with Crippen LogP contribution in [0.5, 0.6) is 0 Å². The first-order valence-corrected chi connectivity index (χ1v) is 8.94. The maximum atomic E-state index is 12.6. The van der Waals surface area contributed by atoms with Gasteiger partial charge in [-0.25, -0.2) is 0 Å². The second kappa shape index (κ2) is 7.20. The van der Waals surface area contributed by atoms with Gasteiger partial charge in [-0.1, -0.05) is 30.3 Å². The first kappa shape index (κ1) is 17.2. The molecule has 0 aliphatic carbocycles. The summed E-state index contributed by atoms with van der Waals surface area (Å²) >= 11 is 0. The van der Waals surface area contributed by atoms with Crippen molar-refractivity contribution in [2.45, 2.75) is 32.6 Å². The van der Waals surface area contributed by atoms with Gasteiger partial charge in [-0.15, -0.1) is 0 Å². The topological polar surface area (TPSA) is 81.0 Å². The average molecular weight is 363 g/mol. The summed E-state index contributed by atoms with van der Waals surface area (Å²) in [5, 5.41) is 10.6. The van der Waals surface area contributed by atoms with Crippen molar-refractivity contribution in [2.75, 3.05) is 5.32 Å². The molecule has 0 radical (unpaired) electrons. The molecular formula is C20H21N5O2. The van der Waals surface area contributed by atoms with E-state index in [0.717, 1.165) is 17.8 Å². The van der Waals surface area contributed by atoms with E-state index in [2.05, 4.69) is 22.7 Å². The smallest absolute Gasteiger partial charge is 0.276 e. The molecule has 1 aromatic carbocycles. The standard InChI is InChI=1S/C20H21N5O2/c1-14-11-25-17(10-21-14)9-18(23-25)20(27)22-16-7-8-19(26)24(13-16)12-15-5-3-2-4-6-15/h2-9,13-14,21H,10-12H2,1H3,(H,22,27). The van der Waals surface area contributed by atoms with E-state index in [1.54, 1.807) is 22.9 Å². The van der Waals surface area contributed by atoms with E-state index in [1.807, 2.05) is 35.0 Å². The van der Waals surface area contributed by atoms with Crippen molar-refractivity contribution in [1.29, 1.82) is 0 Å². The largest absolute Gasteiger partial charge is 0.319 e. The third kappa shape index (κ3) is 3.83. The molecule has 7 heteroatoms. The van der Waals surface area contributed by atoms with Crippen LogP contribution < -0.4 is 16.2 Å². The monoisotopic (exact) mass is 363 g/mol. The molecule has 1 aliphatic heterocycles. The number of hydrogen-bond acceptors (Lipinski definition) is 4. The summed E-state index contributed by atoms with van der Waals surface area (Å²) in [6, 6.07) is 14.9. The third-order valence-electron chi connectivity index (χ3n) is 4.61. The molecule has 27 heavy (non-hydrogen) atoms. The highest BCUT2D eigenvalue weighted by molar-refractivity contribution is 6.02. The van der Waals surface area contributed by atoms with Gasteiger partial charge in [0, 0.05) is 24.8 Å². The summed E-state index contributed by atoms with van der Waals surface area (Å²) in [5.41, 5.74) is 2.84. The molecule has 1 atom stereocenters. The van der Waals surface area contributed by atoms with Crippen molar-refractivity contribution in [1.82, 2.24) is 19.7 Å². The molecule has 7 nitrogen and oxygen atoms in total. The van der Waals surface area contributed by atoms with Crippen LogP contribution in [0.1, 0.15) is 28.7 Å². The molecule has 0 saturated heterocycles. The van der Waals surface area contributed by atoms with E-state index in [4.69, 9.17) is 0 Å². The number of nitrogens with one attached hydrogen (secondary N) is 2. The molecule has 2 aromatic heterocycles. The highest BCUT2D eigenvalue weighted by Crippen LogP contribution is 2.13. The van der Waals surface area contributed by atoms with E-state index in [1.165, 1.54) is 6.07 Å². The highest BCUT2D eigenvalue weighted by atomic mass is 16.2. The second-order valence-corrected chi connectivity index (χ2v) is 6.81. The molecule has 2 N–H and O–H groups in total. The van der Waals surface area contributed by atoms with Crippen molar-refractivity contribution in [2.24, 2.45) is 0 Å². The minimum atomic E-state index is -0.283. The Bertz CT molecular complexity index is 1020. The van der Waals surface area contributed by atoms with Crippen LogP contribution >= 0.6 is 0 Å². The Morgan fingerprint density at radius 3 is 2.89 bits per heavy atom. The number of pyridine rings is 1. The van der Waals surface area contributed by atoms with Gasteiger partial charge in [-0.3, -0.25) is 14.3 Å². The number of aromatic nitrogens is 3. The first-order chi connectivity index (χ1) is 13.1. The summed E-state index contributed by atoms with van der Waals surface area (Å²) in [6.45, 7) is 3.97. The van der Waals surface area contributed by atoms with Crippen molar-refractivity contribution in [3.63, 3.8) is 0 Å². The normalized spacial score (nSPS) is 16.0. The Morgan fingerprint density at radius 2 is 2.07 bits per heavy atom. The lowest BCUT2D eigenvalue weighted by atomic mass is 10.2. The van der Waals surface area contributed by atoms with Gasteiger partial charge in [0.05, 0.1) is 24.5 Å². The number of anilines is 1. The minimum absolute atomic E-state index is 0.116. The number of fused-ring (bicyclic) bond motifs is 1. The zero-order valence-electron chi connectivity index (χ0n) is 15.1. The third-order valence-corrected chi connectivity index (χ3v) is 4.61. The fourth-order valence-electron chi connectivity index (χ4n) is 3.17. The van der Waals surface area contributed by atoms with Gasteiger partial charge in [0.15, 0.2) is 5.69 Å². The lowest BCUT2D eigenvalue weighted by Crippen LogP contribution is -2.36. The SMILES string of the molecule is CC1Cn2nc(C(=O)Nc3ccc(=O)n(Cc4ccccc4)c3)cc2CN1. The number of carbonyl (C=O) groups excluding carboxylic acids is 1. The van der Waals surface area contributed by atoms with Crippen molar-refractivity contribution in [3.05, 3.63) is 82.0 Å². The quantitative estimate of drug-likeness (QED) is 0.741. The summed E-state index contributed by atoms with van der Waals surface area (Å²) in [7, 11) is 0. The molecule has 0 fully saturated rings. The van der Waals surface area contributed by atoms with Gasteiger partial charge >= 0.3 is 0 Å². The van der Waals surface area contributed by atoms with E-state index in [0.29, 0.717) is 30.5 Å². The summed E-state index contributed by atoms with van der Waals surface area (Å²) in [5.74, 6) is -0.283. The summed E-state index contributed by atoms with van der Waals surface area (Å²) < 4.78 is 3.45. The Hall–Kier alpha value is -3.19. The number of benzene rings is 1. The van der Waals surface area contributed by atoms with Crippen LogP contribution in [0.2, 0.25) is 0 Å². The van der Waals surface area contributed by atoms with Crippen LogP contribution in [-0.2, 0) is 19.6 Å². The highest BCUT2D eigenvalue weighted by Gasteiger charge is 2.19. The Labute approximate surface area is 156 Å². The molecule has 0 saturated carbocycles. The fourth-order valence-corrected chi connectivity index (χ4v) is 3.17. The number of rotatable bonds is 4. The Kier molecular flexibility index (Phi) is 4.60. The van der Waals surface area contributed by atoms with Crippen LogP contribution in [0.15, 0.2) is 59.5 Å². The van der Waals surface area contributed by atoms with Crippen LogP contribution in [0.4, 0.5) is 5.69 Å². The molecule has 4 rings (SSSR count). The van der Waals surface area contributed by atoms with Gasteiger partial charge in [0.2, 0.25) is 0 Å². The van der Waals surface area contributed by atoms with Crippen molar-refractivity contribution < 1.29 is 4.79 Å². The maximum Gasteiger partial charge on any atom is 0.276 e. The predicted molar refractivity (Wildman–Crippen MR) is 103 cm³/mol. The summed E-state index contributed by atoms with van der Waals surface area (Å²) in [6.07, 6.45) is 1.66. The van der Waals surface area contributed by atoms with Gasteiger partial charge in [0.25, 0.3) is 11.5 Å². The number of amides is 1. The average Bonchev–Trinajstić information content (AvgIpc) is 3.08. The van der Waals surface area contributed by atoms with Crippen LogP contribution in [0.3, 0.4) is 0 Å². The maximum absolute atomic E-state index is 12.6. The minimum Gasteiger partial charge on any atom is -0.319 e. The Balaban J connectivity index is 1.52. The fraction of sp³-hybridized carbons (Fsp3) is 0.250. The van der Waals surface area contributed by atoms with Gasteiger partial charge in [0.1, 0.15) is 0 Å². The lowest BCUT2D eigenvalue weighted by Gasteiger charge is -2.21. The molecule has 1 aliphatic rings. The molecule has 1 amide bonds. The molecule has 0 spiro atoms. The second-order valence-electron chi connectivity index (χ2n) is 6.81. The first-order valence-electron chi connectivity index (χ1n) is 8.94. The van der Waals surface area contributed by atoms with E-state index < -0.39 is 0 Å². The van der Waals surface area contributed by atoms with E-state index in [9.17, 15) is 9.59 Å². The molecular weight excluding hydrogens is 342 g/mol. The van der Waals surface area contributed by atoms with Crippen molar-refractivity contribution >= 4 is 11.6 Å². The van der Waals surface area contributed by atoms with Crippen LogP contribution in [0, 0.1) is 0 Å². The van der Waals surface area contributed by atoms with Crippen LogP contribution in [-0.4, -0.2) is 26.3 Å². The number of hydrogen-bond donors (Lipinski definition) is 2. The summed E-state index contributed by atoms with van der Waals surface area (Å²) in [4.78, 5) is 24.7. The number of carbonyl (C=O) groups is 1. The molecule has 1 unspecified atom stereocenters. The van der Waals surface area contributed by atoms with Crippen molar-refractivity contribution in [3.8, 4) is 0 Å². The molecule has 0 bridgehead atoms. The predicted octanol–water partition coefficient (Wildman–Crippen LogP) is 1.84.